The molecule has 0 unspecified atom stereocenters. The summed E-state index contributed by atoms with van der Waals surface area (Å²) >= 11 is 0. The summed E-state index contributed by atoms with van der Waals surface area (Å²) < 4.78 is 101. The summed E-state index contributed by atoms with van der Waals surface area (Å²) in [4.78, 5) is 14.6. The number of rotatable bonds is 6. The molecule has 2 heterocycles. The zero-order valence-corrected chi connectivity index (χ0v) is 30.0. The van der Waals surface area contributed by atoms with Crippen LogP contribution in [0.15, 0.2) is 164 Å². The van der Waals surface area contributed by atoms with Crippen LogP contribution in [0.25, 0.3) is 83.9 Å². The molecule has 0 aliphatic rings. The van der Waals surface area contributed by atoms with Crippen molar-refractivity contribution in [3.63, 3.8) is 0 Å². The fourth-order valence-electron chi connectivity index (χ4n) is 7.23. The Bertz CT molecular complexity index is 2900. The fraction of sp³-hybridized carbons (Fsp3) is 0.0426. The van der Waals surface area contributed by atoms with E-state index in [9.17, 15) is 26.3 Å². The van der Waals surface area contributed by atoms with Gasteiger partial charge in [0.1, 0.15) is 5.82 Å². The summed E-state index contributed by atoms with van der Waals surface area (Å²) in [5.41, 5.74) is 1.81. The number of benzene rings is 7. The van der Waals surface area contributed by atoms with Gasteiger partial charge in [0.15, 0.2) is 17.5 Å². The Kier molecular flexibility index (Phi) is 8.88. The van der Waals surface area contributed by atoms with Gasteiger partial charge in [-0.05, 0) is 59.7 Å². The lowest BCUT2D eigenvalue weighted by Gasteiger charge is -2.17. The van der Waals surface area contributed by atoms with Gasteiger partial charge in [-0.1, -0.05) is 115 Å². The number of hydrogen-bond donors (Lipinski definition) is 0. The molecule has 0 spiro atoms. The monoisotopic (exact) mass is 780 g/mol. The highest BCUT2D eigenvalue weighted by atomic mass is 19.4. The van der Waals surface area contributed by atoms with E-state index in [1.165, 1.54) is 12.1 Å². The summed E-state index contributed by atoms with van der Waals surface area (Å²) in [5, 5.41) is 1.23. The van der Waals surface area contributed by atoms with Crippen LogP contribution in [0.4, 0.5) is 30.7 Å². The van der Waals surface area contributed by atoms with Crippen molar-refractivity contribution in [2.75, 3.05) is 0 Å². The van der Waals surface area contributed by atoms with Crippen LogP contribution >= 0.6 is 0 Å². The molecule has 58 heavy (non-hydrogen) atoms. The highest BCUT2D eigenvalue weighted by Gasteiger charge is 2.37. The number of fused-ring (bicyclic) bond motifs is 3. The minimum Gasteiger partial charge on any atom is -0.309 e. The van der Waals surface area contributed by atoms with E-state index in [1.807, 2.05) is 95.6 Å². The molecule has 2 aromatic heterocycles. The van der Waals surface area contributed by atoms with Crippen LogP contribution in [-0.4, -0.2) is 19.5 Å². The Balaban J connectivity index is 1.30. The van der Waals surface area contributed by atoms with Gasteiger partial charge >= 0.3 is 12.4 Å². The van der Waals surface area contributed by atoms with E-state index in [1.54, 1.807) is 42.5 Å². The number of hydrogen-bond acceptors (Lipinski definition) is 3. The van der Waals surface area contributed by atoms with Crippen molar-refractivity contribution in [3.8, 4) is 62.1 Å². The molecule has 0 saturated heterocycles. The first-order chi connectivity index (χ1) is 27.9. The van der Waals surface area contributed by atoms with Gasteiger partial charge in [-0.25, -0.2) is 19.3 Å². The zero-order valence-electron chi connectivity index (χ0n) is 30.0. The van der Waals surface area contributed by atoms with Gasteiger partial charge < -0.3 is 4.57 Å². The summed E-state index contributed by atoms with van der Waals surface area (Å²) in [5.74, 6) is 0.762. The van der Waals surface area contributed by atoms with Gasteiger partial charge in [-0.15, -0.1) is 0 Å². The fourth-order valence-corrected chi connectivity index (χ4v) is 7.23. The average Bonchev–Trinajstić information content (AvgIpc) is 3.57. The van der Waals surface area contributed by atoms with Gasteiger partial charge in [0.25, 0.3) is 0 Å². The third kappa shape index (κ3) is 6.74. The van der Waals surface area contributed by atoms with Crippen molar-refractivity contribution in [2.45, 2.75) is 12.4 Å². The number of nitrogens with zero attached hydrogens (tertiary/aromatic N) is 4. The first-order valence-electron chi connectivity index (χ1n) is 18.0. The molecule has 0 amide bonds. The number of para-hydroxylation sites is 1. The van der Waals surface area contributed by atoms with Crippen molar-refractivity contribution >= 4 is 21.8 Å². The summed E-state index contributed by atoms with van der Waals surface area (Å²) in [6.45, 7) is 0. The van der Waals surface area contributed by atoms with Crippen LogP contribution in [0.3, 0.4) is 0 Å². The normalized spacial score (nSPS) is 12.1. The highest BCUT2D eigenvalue weighted by Crippen LogP contribution is 2.42. The molecule has 0 fully saturated rings. The molecule has 0 aliphatic heterocycles. The van der Waals surface area contributed by atoms with Gasteiger partial charge in [-0.2, -0.15) is 26.3 Å². The van der Waals surface area contributed by atoms with E-state index in [0.717, 1.165) is 23.3 Å². The largest absolute Gasteiger partial charge is 0.416 e. The standard InChI is InChI=1S/C47H27F7N4/c48-39-17-9-7-15-35(39)37-21-19-31(45-56-43(28-11-3-1-4-12-28)55-44(57-45)29-13-5-2-6-14-29)26-42(37)58-40-18-10-8-16-36(40)38-25-30(20-22-41(38)58)32-23-33(46(49,50)51)27-34(24-32)47(52,53)54/h1-27H. The quantitative estimate of drug-likeness (QED) is 0.158. The minimum absolute atomic E-state index is 0.114. The third-order valence-corrected chi connectivity index (χ3v) is 9.95. The summed E-state index contributed by atoms with van der Waals surface area (Å²) in [6, 6.07) is 44.3. The molecule has 11 heteroatoms. The zero-order chi connectivity index (χ0) is 40.2. The second-order valence-corrected chi connectivity index (χ2v) is 13.6. The Morgan fingerprint density at radius 1 is 0.379 bits per heavy atom. The average molecular weight is 781 g/mol. The maximum Gasteiger partial charge on any atom is 0.416 e. The predicted molar refractivity (Wildman–Crippen MR) is 211 cm³/mol. The smallest absolute Gasteiger partial charge is 0.309 e. The lowest BCUT2D eigenvalue weighted by Crippen LogP contribution is -2.11. The Morgan fingerprint density at radius 3 is 1.50 bits per heavy atom. The van der Waals surface area contributed by atoms with Crippen LogP contribution in [0, 0.1) is 5.82 Å². The van der Waals surface area contributed by atoms with E-state index < -0.39 is 29.3 Å². The number of alkyl halides is 6. The lowest BCUT2D eigenvalue weighted by molar-refractivity contribution is -0.143. The van der Waals surface area contributed by atoms with Gasteiger partial charge in [0, 0.05) is 38.6 Å². The van der Waals surface area contributed by atoms with Gasteiger partial charge in [-0.3, -0.25) is 0 Å². The minimum atomic E-state index is -5.01. The van der Waals surface area contributed by atoms with E-state index in [0.29, 0.717) is 61.7 Å². The SMILES string of the molecule is Fc1ccccc1-c1ccc(-c2nc(-c3ccccc3)nc(-c3ccccc3)n2)cc1-n1c2ccccc2c2cc(-c3cc(C(F)(F)F)cc(C(F)(F)F)c3)ccc21. The topological polar surface area (TPSA) is 43.6 Å². The van der Waals surface area contributed by atoms with Crippen LogP contribution in [0.2, 0.25) is 0 Å². The second-order valence-electron chi connectivity index (χ2n) is 13.6. The van der Waals surface area contributed by atoms with Crippen molar-refractivity contribution in [2.24, 2.45) is 0 Å². The molecule has 0 saturated carbocycles. The predicted octanol–water partition coefficient (Wildman–Crippen LogP) is 13.5. The molecule has 9 rings (SSSR count). The van der Waals surface area contributed by atoms with Crippen molar-refractivity contribution < 1.29 is 30.7 Å². The molecule has 0 atom stereocenters. The lowest BCUT2D eigenvalue weighted by atomic mass is 9.97. The molecule has 9 aromatic rings. The second kappa shape index (κ2) is 14.1. The molecular formula is C47H27F7N4. The molecule has 0 N–H and O–H groups in total. The van der Waals surface area contributed by atoms with Crippen LogP contribution in [0.5, 0.6) is 0 Å². The molecule has 7 aromatic carbocycles. The highest BCUT2D eigenvalue weighted by molar-refractivity contribution is 6.11. The van der Waals surface area contributed by atoms with E-state index in [-0.39, 0.29) is 17.2 Å². The first-order valence-corrected chi connectivity index (χ1v) is 18.0. The molecule has 0 bridgehead atoms. The number of halogens is 7. The summed E-state index contributed by atoms with van der Waals surface area (Å²) in [6.07, 6.45) is -10.0. The van der Waals surface area contributed by atoms with Crippen molar-refractivity contribution in [3.05, 3.63) is 181 Å². The Hall–Kier alpha value is -7.14. The molecule has 284 valence electrons. The van der Waals surface area contributed by atoms with E-state index >= 15 is 4.39 Å². The van der Waals surface area contributed by atoms with Crippen molar-refractivity contribution in [1.29, 1.82) is 0 Å². The molecule has 4 nitrogen and oxygen atoms in total. The Morgan fingerprint density at radius 2 is 0.897 bits per heavy atom. The maximum absolute atomic E-state index is 15.7. The molecular weight excluding hydrogens is 754 g/mol. The van der Waals surface area contributed by atoms with Gasteiger partial charge in [0.2, 0.25) is 0 Å². The van der Waals surface area contributed by atoms with Crippen LogP contribution in [0.1, 0.15) is 11.1 Å². The molecule has 0 radical (unpaired) electrons. The van der Waals surface area contributed by atoms with Crippen LogP contribution in [-0.2, 0) is 12.4 Å². The van der Waals surface area contributed by atoms with Crippen molar-refractivity contribution in [1.82, 2.24) is 19.5 Å². The van der Waals surface area contributed by atoms with Gasteiger partial charge in [0.05, 0.1) is 27.8 Å². The summed E-state index contributed by atoms with van der Waals surface area (Å²) in [7, 11) is 0. The first kappa shape index (κ1) is 36.5. The molecule has 0 aliphatic carbocycles. The van der Waals surface area contributed by atoms with E-state index in [2.05, 4.69) is 0 Å². The maximum atomic E-state index is 15.7. The van der Waals surface area contributed by atoms with E-state index in [4.69, 9.17) is 15.0 Å². The number of aromatic nitrogens is 4. The van der Waals surface area contributed by atoms with Crippen LogP contribution < -0.4 is 0 Å². The third-order valence-electron chi connectivity index (χ3n) is 9.95. The Labute approximate surface area is 326 Å².